The molecule has 0 saturated heterocycles. The number of rotatable bonds is 8. The lowest BCUT2D eigenvalue weighted by Gasteiger charge is -2.12. The Morgan fingerprint density at radius 1 is 1.24 bits per heavy atom. The standard InChI is InChI=1S/C22H26N4O2S/c1-15(2)26-20(24-25-22(26)29)13-23-21(27)12-17-8-6-10-19(11-17)28-14-18-9-5-4-7-16(18)3/h4-11,15H,12-14H2,1-3H3,(H,23,27)(H,25,29). The summed E-state index contributed by atoms with van der Waals surface area (Å²) >= 11 is 5.23. The number of carbonyl (C=O) groups is 1. The maximum absolute atomic E-state index is 12.4. The van der Waals surface area contributed by atoms with Crippen LogP contribution in [-0.2, 0) is 24.4 Å². The van der Waals surface area contributed by atoms with Crippen LogP contribution in [0.1, 0.15) is 42.4 Å². The first kappa shape index (κ1) is 20.8. The minimum atomic E-state index is -0.0784. The molecule has 3 rings (SSSR count). The fourth-order valence-corrected chi connectivity index (χ4v) is 3.46. The molecular weight excluding hydrogens is 384 g/mol. The number of hydrogen-bond acceptors (Lipinski definition) is 4. The summed E-state index contributed by atoms with van der Waals surface area (Å²) in [6, 6.07) is 15.9. The van der Waals surface area contributed by atoms with Crippen LogP contribution in [0.3, 0.4) is 0 Å². The smallest absolute Gasteiger partial charge is 0.224 e. The number of carbonyl (C=O) groups excluding carboxylic acids is 1. The first-order valence-corrected chi connectivity index (χ1v) is 10.0. The molecule has 0 atom stereocenters. The van der Waals surface area contributed by atoms with Gasteiger partial charge < -0.3 is 14.6 Å². The van der Waals surface area contributed by atoms with E-state index in [1.807, 2.05) is 54.8 Å². The van der Waals surface area contributed by atoms with E-state index in [1.54, 1.807) is 0 Å². The van der Waals surface area contributed by atoms with Crippen molar-refractivity contribution in [1.82, 2.24) is 20.1 Å². The van der Waals surface area contributed by atoms with Gasteiger partial charge in [0.05, 0.1) is 13.0 Å². The highest BCUT2D eigenvalue weighted by atomic mass is 32.1. The number of aromatic amines is 1. The third-order valence-corrected chi connectivity index (χ3v) is 4.94. The fraction of sp³-hybridized carbons (Fsp3) is 0.318. The van der Waals surface area contributed by atoms with Gasteiger partial charge in [0, 0.05) is 6.04 Å². The van der Waals surface area contributed by atoms with Gasteiger partial charge in [-0.1, -0.05) is 36.4 Å². The van der Waals surface area contributed by atoms with Crippen LogP contribution in [-0.4, -0.2) is 20.7 Å². The number of benzene rings is 2. The number of amides is 1. The average Bonchev–Trinajstić information content (AvgIpc) is 3.07. The molecule has 7 heteroatoms. The maximum atomic E-state index is 12.4. The van der Waals surface area contributed by atoms with Crippen LogP contribution >= 0.6 is 12.2 Å². The molecule has 0 bridgehead atoms. The molecule has 1 amide bonds. The van der Waals surface area contributed by atoms with E-state index in [9.17, 15) is 4.79 Å². The number of nitrogens with zero attached hydrogens (tertiary/aromatic N) is 2. The number of nitrogens with one attached hydrogen (secondary N) is 2. The van der Waals surface area contributed by atoms with Crippen LogP contribution in [0.25, 0.3) is 0 Å². The largest absolute Gasteiger partial charge is 0.489 e. The van der Waals surface area contributed by atoms with Crippen molar-refractivity contribution in [3.05, 3.63) is 75.8 Å². The van der Waals surface area contributed by atoms with Crippen LogP contribution in [0.4, 0.5) is 0 Å². The number of aryl methyl sites for hydroxylation is 1. The molecule has 0 radical (unpaired) electrons. The van der Waals surface area contributed by atoms with Gasteiger partial charge in [0.15, 0.2) is 10.6 Å². The number of hydrogen-bond donors (Lipinski definition) is 2. The maximum Gasteiger partial charge on any atom is 0.224 e. The van der Waals surface area contributed by atoms with Gasteiger partial charge in [-0.15, -0.1) is 0 Å². The highest BCUT2D eigenvalue weighted by Crippen LogP contribution is 2.17. The number of aromatic nitrogens is 3. The molecule has 0 spiro atoms. The van der Waals surface area contributed by atoms with Crippen LogP contribution in [0.2, 0.25) is 0 Å². The molecule has 0 fully saturated rings. The molecule has 2 N–H and O–H groups in total. The molecule has 29 heavy (non-hydrogen) atoms. The Kier molecular flexibility index (Phi) is 6.82. The van der Waals surface area contributed by atoms with Gasteiger partial charge in [-0.3, -0.25) is 9.89 Å². The topological polar surface area (TPSA) is 71.9 Å². The first-order valence-electron chi connectivity index (χ1n) is 9.62. The normalized spacial score (nSPS) is 10.9. The second-order valence-electron chi connectivity index (χ2n) is 7.22. The monoisotopic (exact) mass is 410 g/mol. The molecule has 0 saturated carbocycles. The van der Waals surface area contributed by atoms with Gasteiger partial charge in [-0.05, 0) is 61.8 Å². The van der Waals surface area contributed by atoms with Gasteiger partial charge in [0.25, 0.3) is 0 Å². The van der Waals surface area contributed by atoms with E-state index < -0.39 is 0 Å². The molecule has 2 aromatic carbocycles. The molecule has 6 nitrogen and oxygen atoms in total. The van der Waals surface area contributed by atoms with E-state index in [4.69, 9.17) is 17.0 Å². The predicted molar refractivity (Wildman–Crippen MR) is 115 cm³/mol. The third kappa shape index (κ3) is 5.54. The first-order chi connectivity index (χ1) is 13.9. The zero-order chi connectivity index (χ0) is 20.8. The Balaban J connectivity index is 1.56. The lowest BCUT2D eigenvalue weighted by molar-refractivity contribution is -0.120. The summed E-state index contributed by atoms with van der Waals surface area (Å²) in [6.07, 6.45) is 0.272. The van der Waals surface area contributed by atoms with Gasteiger partial charge in [0.1, 0.15) is 12.4 Å². The SMILES string of the molecule is Cc1ccccc1COc1cccc(CC(=O)NCc2n[nH]c(=S)n2C(C)C)c1. The van der Waals surface area contributed by atoms with Crippen molar-refractivity contribution in [1.29, 1.82) is 0 Å². The zero-order valence-electron chi connectivity index (χ0n) is 16.9. The van der Waals surface area contributed by atoms with E-state index in [1.165, 1.54) is 5.56 Å². The van der Waals surface area contributed by atoms with E-state index in [0.717, 1.165) is 16.9 Å². The summed E-state index contributed by atoms with van der Waals surface area (Å²) in [5, 5.41) is 9.89. The summed E-state index contributed by atoms with van der Waals surface area (Å²) in [4.78, 5) is 12.4. The van der Waals surface area contributed by atoms with Gasteiger partial charge in [-0.25, -0.2) is 0 Å². The molecule has 0 aliphatic rings. The minimum absolute atomic E-state index is 0.0784. The Morgan fingerprint density at radius 3 is 2.79 bits per heavy atom. The molecule has 0 aliphatic carbocycles. The highest BCUT2D eigenvalue weighted by molar-refractivity contribution is 7.71. The van der Waals surface area contributed by atoms with Crippen LogP contribution in [0, 0.1) is 11.7 Å². The van der Waals surface area contributed by atoms with Crippen molar-refractivity contribution < 1.29 is 9.53 Å². The van der Waals surface area contributed by atoms with Crippen molar-refractivity contribution in [3.63, 3.8) is 0 Å². The molecule has 152 valence electrons. The number of ether oxygens (including phenoxy) is 1. The van der Waals surface area contributed by atoms with Crippen LogP contribution in [0.5, 0.6) is 5.75 Å². The van der Waals surface area contributed by atoms with E-state index in [-0.39, 0.29) is 18.4 Å². The quantitative estimate of drug-likeness (QED) is 0.544. The Bertz CT molecular complexity index is 1040. The summed E-state index contributed by atoms with van der Waals surface area (Å²) in [5.74, 6) is 1.39. The molecule has 0 aliphatic heterocycles. The second-order valence-corrected chi connectivity index (χ2v) is 7.61. The van der Waals surface area contributed by atoms with E-state index in [0.29, 0.717) is 23.7 Å². The van der Waals surface area contributed by atoms with E-state index >= 15 is 0 Å². The zero-order valence-corrected chi connectivity index (χ0v) is 17.8. The highest BCUT2D eigenvalue weighted by Gasteiger charge is 2.11. The lowest BCUT2D eigenvalue weighted by Crippen LogP contribution is -2.26. The molecule has 1 heterocycles. The van der Waals surface area contributed by atoms with Crippen molar-refractivity contribution >= 4 is 18.1 Å². The second kappa shape index (κ2) is 9.52. The summed E-state index contributed by atoms with van der Waals surface area (Å²) in [5.41, 5.74) is 3.24. The van der Waals surface area contributed by atoms with Crippen molar-refractivity contribution in [2.75, 3.05) is 0 Å². The predicted octanol–water partition coefficient (Wildman–Crippen LogP) is 4.27. The van der Waals surface area contributed by atoms with Crippen LogP contribution in [0.15, 0.2) is 48.5 Å². The average molecular weight is 411 g/mol. The summed E-state index contributed by atoms with van der Waals surface area (Å²) in [6.45, 7) is 6.95. The van der Waals surface area contributed by atoms with Crippen molar-refractivity contribution in [2.24, 2.45) is 0 Å². The molecular formula is C22H26N4O2S. The minimum Gasteiger partial charge on any atom is -0.489 e. The summed E-state index contributed by atoms with van der Waals surface area (Å²) < 4.78 is 8.37. The fourth-order valence-electron chi connectivity index (χ4n) is 3.10. The van der Waals surface area contributed by atoms with Crippen molar-refractivity contribution in [2.45, 2.75) is 46.4 Å². The van der Waals surface area contributed by atoms with Gasteiger partial charge >= 0.3 is 0 Å². The molecule has 3 aromatic rings. The number of H-pyrrole nitrogens is 1. The lowest BCUT2D eigenvalue weighted by atomic mass is 10.1. The van der Waals surface area contributed by atoms with Gasteiger partial charge in [-0.2, -0.15) is 5.10 Å². The van der Waals surface area contributed by atoms with E-state index in [2.05, 4.69) is 34.6 Å². The Morgan fingerprint density at radius 2 is 2.03 bits per heavy atom. The third-order valence-electron chi connectivity index (χ3n) is 4.66. The summed E-state index contributed by atoms with van der Waals surface area (Å²) in [7, 11) is 0. The van der Waals surface area contributed by atoms with Gasteiger partial charge in [0.2, 0.25) is 5.91 Å². The molecule has 1 aromatic heterocycles. The Hall–Kier alpha value is -2.93. The molecule has 0 unspecified atom stereocenters. The Labute approximate surface area is 175 Å². The van der Waals surface area contributed by atoms with Crippen LogP contribution < -0.4 is 10.1 Å². The van der Waals surface area contributed by atoms with Crippen molar-refractivity contribution in [3.8, 4) is 5.75 Å².